The van der Waals surface area contributed by atoms with Crippen LogP contribution in [0.25, 0.3) is 5.57 Å². The van der Waals surface area contributed by atoms with Gasteiger partial charge in [-0.3, -0.25) is 14.4 Å². The van der Waals surface area contributed by atoms with Crippen molar-refractivity contribution in [1.29, 1.82) is 0 Å². The van der Waals surface area contributed by atoms with Crippen LogP contribution in [-0.2, 0) is 14.3 Å². The van der Waals surface area contributed by atoms with Crippen LogP contribution in [0.3, 0.4) is 0 Å². The Morgan fingerprint density at radius 1 is 1.10 bits per heavy atom. The lowest BCUT2D eigenvalue weighted by Crippen LogP contribution is -2.48. The van der Waals surface area contributed by atoms with Crippen molar-refractivity contribution < 1.29 is 43.9 Å². The van der Waals surface area contributed by atoms with Crippen LogP contribution in [-0.4, -0.2) is 74.9 Å². The highest BCUT2D eigenvalue weighted by Crippen LogP contribution is 2.50. The van der Waals surface area contributed by atoms with Crippen LogP contribution >= 0.6 is 0 Å². The van der Waals surface area contributed by atoms with E-state index in [2.05, 4.69) is 0 Å². The predicted octanol–water partition coefficient (Wildman–Crippen LogP) is 1.70. The minimum Gasteiger partial charge on any atom is -0.507 e. The predicted molar refractivity (Wildman–Crippen MR) is 139 cm³/mol. The van der Waals surface area contributed by atoms with Gasteiger partial charge in [0.25, 0.3) is 0 Å². The first-order valence-electron chi connectivity index (χ1n) is 13.3. The number of rotatable bonds is 2. The zero-order valence-electron chi connectivity index (χ0n) is 22.0. The SMILES string of the molecule is Cc1cc(O)c2c(c1)C1OC(=O)C(N)CCCN1C1=C2C(=O)c2cccc(OC3CC(O)C(O)C(C)O3)c2C1=O. The maximum absolute atomic E-state index is 14.3. The average molecular weight is 551 g/mol. The number of aliphatic hydroxyl groups excluding tert-OH is 2. The van der Waals surface area contributed by atoms with Gasteiger partial charge in [0.05, 0.1) is 23.3 Å². The van der Waals surface area contributed by atoms with Gasteiger partial charge >= 0.3 is 5.97 Å². The number of carbonyl (C=O) groups excluding carboxylic acids is 3. The molecule has 3 heterocycles. The maximum atomic E-state index is 14.3. The number of phenolic OH excluding ortho intramolecular Hbond substituents is 1. The van der Waals surface area contributed by atoms with Gasteiger partial charge in [0, 0.05) is 29.7 Å². The summed E-state index contributed by atoms with van der Waals surface area (Å²) in [6.45, 7) is 3.63. The first-order valence-corrected chi connectivity index (χ1v) is 13.3. The molecule has 0 spiro atoms. The highest BCUT2D eigenvalue weighted by molar-refractivity contribution is 6.41. The van der Waals surface area contributed by atoms with Gasteiger partial charge < -0.3 is 40.2 Å². The van der Waals surface area contributed by atoms with Crippen LogP contribution < -0.4 is 10.5 Å². The summed E-state index contributed by atoms with van der Waals surface area (Å²) in [7, 11) is 0. The van der Waals surface area contributed by atoms with Gasteiger partial charge in [-0.15, -0.1) is 0 Å². The lowest BCUT2D eigenvalue weighted by atomic mass is 9.78. The first kappa shape index (κ1) is 26.5. The fraction of sp³-hybridized carbons (Fsp3) is 0.414. The number of benzene rings is 2. The number of Topliss-reactive ketones (excluding diaryl/α,β-unsaturated/α-hetero) is 2. The summed E-state index contributed by atoms with van der Waals surface area (Å²) in [6.07, 6.45) is -4.21. The molecule has 40 heavy (non-hydrogen) atoms. The minimum atomic E-state index is -1.09. The summed E-state index contributed by atoms with van der Waals surface area (Å²) in [5.74, 6) is -1.81. The second kappa shape index (κ2) is 9.70. The first-order chi connectivity index (χ1) is 19.1. The number of ether oxygens (including phenoxy) is 3. The number of ketones is 2. The van der Waals surface area contributed by atoms with E-state index in [0.717, 1.165) is 0 Å². The molecule has 2 aromatic rings. The van der Waals surface area contributed by atoms with Crippen molar-refractivity contribution in [2.45, 2.75) is 70.0 Å². The van der Waals surface area contributed by atoms with Crippen molar-refractivity contribution >= 4 is 23.1 Å². The zero-order valence-corrected chi connectivity index (χ0v) is 22.0. The van der Waals surface area contributed by atoms with Crippen LogP contribution in [0.5, 0.6) is 11.5 Å². The Bertz CT molecular complexity index is 1460. The lowest BCUT2D eigenvalue weighted by Gasteiger charge is -2.43. The number of aryl methyl sites for hydroxylation is 1. The lowest BCUT2D eigenvalue weighted by molar-refractivity contribution is -0.216. The molecule has 6 unspecified atom stereocenters. The summed E-state index contributed by atoms with van der Waals surface area (Å²) < 4.78 is 17.5. The van der Waals surface area contributed by atoms with E-state index < -0.39 is 54.4 Å². The van der Waals surface area contributed by atoms with E-state index in [1.54, 1.807) is 30.9 Å². The molecule has 0 saturated carbocycles. The third-order valence-corrected chi connectivity index (χ3v) is 7.93. The summed E-state index contributed by atoms with van der Waals surface area (Å²) >= 11 is 0. The van der Waals surface area contributed by atoms with Gasteiger partial charge in [-0.2, -0.15) is 0 Å². The maximum Gasteiger partial charge on any atom is 0.325 e. The third-order valence-electron chi connectivity index (χ3n) is 7.93. The van der Waals surface area contributed by atoms with E-state index in [1.807, 2.05) is 0 Å². The van der Waals surface area contributed by atoms with Crippen molar-refractivity contribution in [1.82, 2.24) is 4.90 Å². The van der Waals surface area contributed by atoms with Crippen LogP contribution in [0.1, 0.15) is 69.8 Å². The number of allylic oxidation sites excluding steroid dienone is 2. The molecule has 0 radical (unpaired) electrons. The van der Waals surface area contributed by atoms with E-state index in [1.165, 1.54) is 18.2 Å². The number of phenols is 1. The topological polar surface area (TPSA) is 169 Å². The number of aliphatic hydroxyl groups is 2. The van der Waals surface area contributed by atoms with Gasteiger partial charge in [0.2, 0.25) is 18.3 Å². The molecule has 5 N–H and O–H groups in total. The Morgan fingerprint density at radius 3 is 2.62 bits per heavy atom. The number of nitrogens with two attached hydrogens (primary N) is 1. The Morgan fingerprint density at radius 2 is 1.88 bits per heavy atom. The van der Waals surface area contributed by atoms with E-state index in [9.17, 15) is 29.7 Å². The van der Waals surface area contributed by atoms with Crippen LogP contribution in [0.4, 0.5) is 0 Å². The summed E-state index contributed by atoms with van der Waals surface area (Å²) in [5, 5.41) is 31.3. The second-order valence-electron chi connectivity index (χ2n) is 10.7. The molecule has 0 aromatic heterocycles. The molecule has 4 aliphatic rings. The second-order valence-corrected chi connectivity index (χ2v) is 10.7. The molecule has 2 aromatic carbocycles. The fourth-order valence-electron chi connectivity index (χ4n) is 5.98. The van der Waals surface area contributed by atoms with Crippen molar-refractivity contribution in [2.75, 3.05) is 6.54 Å². The number of esters is 1. The van der Waals surface area contributed by atoms with Crippen LogP contribution in [0.2, 0.25) is 0 Å². The fourth-order valence-corrected chi connectivity index (χ4v) is 5.98. The molecule has 6 rings (SSSR count). The van der Waals surface area contributed by atoms with Crippen molar-refractivity contribution in [3.05, 3.63) is 63.8 Å². The van der Waals surface area contributed by atoms with Gasteiger partial charge in [-0.1, -0.05) is 12.1 Å². The highest BCUT2D eigenvalue weighted by atomic mass is 16.7. The number of aromatic hydroxyl groups is 1. The molecule has 0 bridgehead atoms. The smallest absolute Gasteiger partial charge is 0.325 e. The Labute approximate surface area is 229 Å². The summed E-state index contributed by atoms with van der Waals surface area (Å²) in [5.41, 5.74) is 7.33. The minimum absolute atomic E-state index is 0.00172. The Hall–Kier alpha value is -3.77. The summed E-state index contributed by atoms with van der Waals surface area (Å²) in [6, 6.07) is 7.00. The molecular weight excluding hydrogens is 520 g/mol. The molecule has 3 aliphatic heterocycles. The zero-order chi connectivity index (χ0) is 28.5. The normalized spacial score (nSPS) is 29.9. The largest absolute Gasteiger partial charge is 0.507 e. The monoisotopic (exact) mass is 550 g/mol. The van der Waals surface area contributed by atoms with Crippen LogP contribution in [0, 0.1) is 6.92 Å². The van der Waals surface area contributed by atoms with Crippen molar-refractivity contribution in [2.24, 2.45) is 5.73 Å². The van der Waals surface area contributed by atoms with E-state index in [-0.39, 0.29) is 52.4 Å². The molecule has 11 nitrogen and oxygen atoms in total. The Balaban J connectivity index is 1.49. The number of carbonyl (C=O) groups is 3. The van der Waals surface area contributed by atoms with E-state index in [0.29, 0.717) is 24.0 Å². The molecular formula is C29H30N2O9. The molecule has 2 saturated heterocycles. The van der Waals surface area contributed by atoms with Gasteiger partial charge in [0.1, 0.15) is 29.3 Å². The highest BCUT2D eigenvalue weighted by Gasteiger charge is 2.47. The summed E-state index contributed by atoms with van der Waals surface area (Å²) in [4.78, 5) is 42.8. The third kappa shape index (κ3) is 4.08. The number of fused-ring (bicyclic) bond motifs is 6. The molecule has 11 heteroatoms. The van der Waals surface area contributed by atoms with Crippen LogP contribution in [0.15, 0.2) is 36.0 Å². The van der Waals surface area contributed by atoms with Gasteiger partial charge in [-0.05, 0) is 50.5 Å². The van der Waals surface area contributed by atoms with E-state index >= 15 is 0 Å². The average Bonchev–Trinajstić information content (AvgIpc) is 2.89. The van der Waals surface area contributed by atoms with Crippen molar-refractivity contribution in [3.63, 3.8) is 0 Å². The molecule has 1 aliphatic carbocycles. The van der Waals surface area contributed by atoms with Gasteiger partial charge in [0.15, 0.2) is 5.78 Å². The molecule has 6 atom stereocenters. The molecule has 2 fully saturated rings. The standard InChI is InChI=1S/C29H30N2O9/c1-12-9-15-21(17(32)10-12)23-24(31-8-4-6-16(30)29(37)40-28(15)31)27(36)22-14(26(23)35)5-3-7-19(22)39-20-11-18(33)25(34)13(2)38-20/h3,5,7,9-10,13,16,18,20,25,28,32-34H,4,6,8,11,30H2,1-2H3. The quantitative estimate of drug-likeness (QED) is 0.402. The number of nitrogens with zero attached hydrogens (tertiary/aromatic N) is 1. The number of hydrogen-bond acceptors (Lipinski definition) is 11. The molecule has 0 amide bonds. The van der Waals surface area contributed by atoms with E-state index in [4.69, 9.17) is 19.9 Å². The Kier molecular flexibility index (Phi) is 6.42. The number of hydrogen-bond donors (Lipinski definition) is 4. The van der Waals surface area contributed by atoms with Crippen molar-refractivity contribution in [3.8, 4) is 11.5 Å². The van der Waals surface area contributed by atoms with Gasteiger partial charge in [-0.25, -0.2) is 0 Å². The molecule has 210 valence electrons.